The van der Waals surface area contributed by atoms with Crippen molar-refractivity contribution in [2.45, 2.75) is 4.90 Å². The van der Waals surface area contributed by atoms with Crippen LogP contribution in [0.3, 0.4) is 0 Å². The average Bonchev–Trinajstić information content (AvgIpc) is 2.39. The SMILES string of the molecule is O=S(=O)(COc1ccc(Br)cc1Br)c1ccccc1. The van der Waals surface area contributed by atoms with Crippen LogP contribution in [0.25, 0.3) is 0 Å². The van der Waals surface area contributed by atoms with Crippen LogP contribution in [0.15, 0.2) is 62.4 Å². The van der Waals surface area contributed by atoms with Crippen LogP contribution in [0.1, 0.15) is 0 Å². The first kappa shape index (κ1) is 14.6. The van der Waals surface area contributed by atoms with Crippen LogP contribution in [-0.2, 0) is 9.84 Å². The van der Waals surface area contributed by atoms with Gasteiger partial charge in [0.25, 0.3) is 0 Å². The number of sulfone groups is 1. The summed E-state index contributed by atoms with van der Waals surface area (Å²) in [4.78, 5) is 0.253. The molecule has 3 nitrogen and oxygen atoms in total. The fourth-order valence-corrected chi connectivity index (χ4v) is 3.58. The number of hydrogen-bond donors (Lipinski definition) is 0. The Morgan fingerprint density at radius 1 is 1.00 bits per heavy atom. The Hall–Kier alpha value is -0.850. The zero-order valence-corrected chi connectivity index (χ0v) is 13.7. The molecule has 2 aromatic rings. The van der Waals surface area contributed by atoms with Gasteiger partial charge in [-0.05, 0) is 46.3 Å². The normalized spacial score (nSPS) is 11.3. The molecule has 2 aromatic carbocycles. The lowest BCUT2D eigenvalue weighted by Gasteiger charge is -2.09. The molecule has 0 aliphatic carbocycles. The maximum atomic E-state index is 12.0. The second kappa shape index (κ2) is 6.07. The summed E-state index contributed by atoms with van der Waals surface area (Å²) in [5.74, 6) is 0.0970. The van der Waals surface area contributed by atoms with Crippen molar-refractivity contribution < 1.29 is 13.2 Å². The van der Waals surface area contributed by atoms with Crippen molar-refractivity contribution in [2.75, 3.05) is 5.94 Å². The maximum absolute atomic E-state index is 12.0. The first-order valence-electron chi connectivity index (χ1n) is 5.35. The third-order valence-electron chi connectivity index (χ3n) is 2.37. The Kier molecular flexibility index (Phi) is 4.65. The number of hydrogen-bond acceptors (Lipinski definition) is 3. The van der Waals surface area contributed by atoms with Crippen molar-refractivity contribution in [1.82, 2.24) is 0 Å². The van der Waals surface area contributed by atoms with Gasteiger partial charge in [-0.25, -0.2) is 8.42 Å². The lowest BCUT2D eigenvalue weighted by atomic mass is 10.3. The molecule has 0 radical (unpaired) electrons. The lowest BCUT2D eigenvalue weighted by Crippen LogP contribution is -2.12. The Bertz CT molecular complexity index is 670. The van der Waals surface area contributed by atoms with Crippen LogP contribution in [0.2, 0.25) is 0 Å². The molecule has 0 spiro atoms. The van der Waals surface area contributed by atoms with Gasteiger partial charge < -0.3 is 4.74 Å². The molecule has 0 amide bonds. The second-order valence-electron chi connectivity index (χ2n) is 3.76. The first-order valence-corrected chi connectivity index (χ1v) is 8.58. The zero-order chi connectivity index (χ0) is 13.9. The largest absolute Gasteiger partial charge is 0.476 e. The van der Waals surface area contributed by atoms with Crippen molar-refractivity contribution in [3.05, 3.63) is 57.5 Å². The fraction of sp³-hybridized carbons (Fsp3) is 0.0769. The third-order valence-corrected chi connectivity index (χ3v) is 4.90. The summed E-state index contributed by atoms with van der Waals surface area (Å²) in [5.41, 5.74) is 0. The lowest BCUT2D eigenvalue weighted by molar-refractivity contribution is 0.374. The highest BCUT2D eigenvalue weighted by Gasteiger charge is 2.15. The van der Waals surface area contributed by atoms with Crippen LogP contribution in [-0.4, -0.2) is 14.4 Å². The summed E-state index contributed by atoms with van der Waals surface area (Å²) in [6.45, 7) is 0. The highest BCUT2D eigenvalue weighted by molar-refractivity contribution is 9.11. The molecule has 0 N–H and O–H groups in total. The Morgan fingerprint density at radius 2 is 1.68 bits per heavy atom. The maximum Gasteiger partial charge on any atom is 0.213 e. The van der Waals surface area contributed by atoms with E-state index in [0.29, 0.717) is 10.2 Å². The van der Waals surface area contributed by atoms with Crippen LogP contribution in [0.4, 0.5) is 0 Å². The van der Waals surface area contributed by atoms with Gasteiger partial charge in [0.2, 0.25) is 9.84 Å². The van der Waals surface area contributed by atoms with E-state index in [1.165, 1.54) is 0 Å². The van der Waals surface area contributed by atoms with E-state index >= 15 is 0 Å². The highest BCUT2D eigenvalue weighted by Crippen LogP contribution is 2.28. The van der Waals surface area contributed by atoms with Crippen LogP contribution in [0.5, 0.6) is 5.75 Å². The number of halogens is 2. The number of benzene rings is 2. The minimum absolute atomic E-state index is 0.253. The van der Waals surface area contributed by atoms with E-state index in [9.17, 15) is 8.42 Å². The van der Waals surface area contributed by atoms with Gasteiger partial charge in [-0.1, -0.05) is 34.1 Å². The zero-order valence-electron chi connectivity index (χ0n) is 9.71. The molecule has 0 aliphatic heterocycles. The standard InChI is InChI=1S/C13H10Br2O3S/c14-10-6-7-13(12(15)8-10)18-9-19(16,17)11-4-2-1-3-5-11/h1-8H,9H2. The first-order chi connectivity index (χ1) is 8.99. The molecule has 6 heteroatoms. The molecule has 0 saturated heterocycles. The molecule has 100 valence electrons. The summed E-state index contributed by atoms with van der Waals surface area (Å²) >= 11 is 6.64. The van der Waals surface area contributed by atoms with E-state index in [-0.39, 0.29) is 4.90 Å². The molecule has 0 fully saturated rings. The molecule has 0 aromatic heterocycles. The van der Waals surface area contributed by atoms with Crippen LogP contribution in [0, 0.1) is 0 Å². The smallest absolute Gasteiger partial charge is 0.213 e. The second-order valence-corrected chi connectivity index (χ2v) is 7.47. The van der Waals surface area contributed by atoms with E-state index in [0.717, 1.165) is 4.47 Å². The van der Waals surface area contributed by atoms with Gasteiger partial charge in [0, 0.05) is 4.47 Å². The van der Waals surface area contributed by atoms with Crippen molar-refractivity contribution in [1.29, 1.82) is 0 Å². The monoisotopic (exact) mass is 404 g/mol. The molecule has 2 rings (SSSR count). The Labute approximate surface area is 128 Å². The molecule has 0 aliphatic rings. The summed E-state index contributed by atoms with van der Waals surface area (Å²) in [6.07, 6.45) is 0. The number of rotatable bonds is 4. The molecule has 0 saturated carbocycles. The molecule has 19 heavy (non-hydrogen) atoms. The summed E-state index contributed by atoms with van der Waals surface area (Å²) in [6, 6.07) is 13.5. The minimum atomic E-state index is -3.44. The van der Waals surface area contributed by atoms with Gasteiger partial charge in [0.15, 0.2) is 5.94 Å². The van der Waals surface area contributed by atoms with Crippen LogP contribution >= 0.6 is 31.9 Å². The van der Waals surface area contributed by atoms with Gasteiger partial charge in [-0.3, -0.25) is 0 Å². The summed E-state index contributed by atoms with van der Waals surface area (Å²) < 4.78 is 31.0. The van der Waals surface area contributed by atoms with E-state index in [4.69, 9.17) is 4.74 Å². The topological polar surface area (TPSA) is 43.4 Å². The van der Waals surface area contributed by atoms with Crippen LogP contribution < -0.4 is 4.74 Å². The quantitative estimate of drug-likeness (QED) is 0.771. The third kappa shape index (κ3) is 3.81. The van der Waals surface area contributed by atoms with E-state index in [1.807, 2.05) is 0 Å². The molecule has 0 bridgehead atoms. The Morgan fingerprint density at radius 3 is 2.32 bits per heavy atom. The van der Waals surface area contributed by atoms with E-state index in [1.54, 1.807) is 48.5 Å². The van der Waals surface area contributed by atoms with E-state index in [2.05, 4.69) is 31.9 Å². The van der Waals surface area contributed by atoms with Crippen molar-refractivity contribution in [2.24, 2.45) is 0 Å². The molecule has 0 unspecified atom stereocenters. The summed E-state index contributed by atoms with van der Waals surface area (Å²) in [7, 11) is -3.44. The molecule has 0 heterocycles. The molecular weight excluding hydrogens is 396 g/mol. The van der Waals surface area contributed by atoms with E-state index < -0.39 is 15.8 Å². The minimum Gasteiger partial charge on any atom is -0.476 e. The van der Waals surface area contributed by atoms with Gasteiger partial charge in [0.05, 0.1) is 9.37 Å². The fourth-order valence-electron chi connectivity index (χ4n) is 1.43. The average molecular weight is 406 g/mol. The van der Waals surface area contributed by atoms with Crippen molar-refractivity contribution >= 4 is 41.7 Å². The number of ether oxygens (including phenoxy) is 1. The molecular formula is C13H10Br2O3S. The van der Waals surface area contributed by atoms with Gasteiger partial charge in [-0.2, -0.15) is 0 Å². The summed E-state index contributed by atoms with van der Waals surface area (Å²) in [5, 5.41) is 0. The Balaban J connectivity index is 2.14. The van der Waals surface area contributed by atoms with Gasteiger partial charge in [-0.15, -0.1) is 0 Å². The predicted octanol–water partition coefficient (Wildman–Crippen LogP) is 4.02. The van der Waals surface area contributed by atoms with Gasteiger partial charge >= 0.3 is 0 Å². The van der Waals surface area contributed by atoms with Crippen molar-refractivity contribution in [3.8, 4) is 5.75 Å². The predicted molar refractivity (Wildman–Crippen MR) is 81.0 cm³/mol. The molecule has 0 atom stereocenters. The van der Waals surface area contributed by atoms with Crippen molar-refractivity contribution in [3.63, 3.8) is 0 Å². The van der Waals surface area contributed by atoms with Gasteiger partial charge in [0.1, 0.15) is 5.75 Å². The highest BCUT2D eigenvalue weighted by atomic mass is 79.9.